The normalized spacial score (nSPS) is 25.8. The van der Waals surface area contributed by atoms with Crippen molar-refractivity contribution in [3.05, 3.63) is 88.5 Å². The molecule has 4 heterocycles. The molecule has 3 N–H and O–H groups in total. The number of fused-ring (bicyclic) bond motifs is 5. The lowest BCUT2D eigenvalue weighted by Gasteiger charge is -2.29. The van der Waals surface area contributed by atoms with Crippen molar-refractivity contribution in [1.82, 2.24) is 10.3 Å². The predicted octanol–water partition coefficient (Wildman–Crippen LogP) is 4.11. The number of hydrogen-bond acceptors (Lipinski definition) is 5. The van der Waals surface area contributed by atoms with Crippen LogP contribution in [0.1, 0.15) is 11.1 Å². The summed E-state index contributed by atoms with van der Waals surface area (Å²) in [6.07, 6.45) is 2.41. The van der Waals surface area contributed by atoms with Crippen molar-refractivity contribution in [3.8, 4) is 5.75 Å². The Bertz CT molecular complexity index is 1650. The van der Waals surface area contributed by atoms with Crippen LogP contribution in [0, 0.1) is 11.8 Å². The highest BCUT2D eigenvalue weighted by Gasteiger charge is 2.70. The molecule has 3 aliphatic rings. The van der Waals surface area contributed by atoms with Crippen LogP contribution in [0.4, 0.5) is 11.4 Å². The fourth-order valence-electron chi connectivity index (χ4n) is 6.47. The number of methoxy groups -OCH3 is 1. The fraction of sp³-hybridized carbons (Fsp3) is 0.207. The molecular weight excluding hydrogens is 548 g/mol. The Morgan fingerprint density at radius 2 is 1.79 bits per heavy atom. The van der Waals surface area contributed by atoms with E-state index in [4.69, 9.17) is 4.74 Å². The number of carbonyl (C=O) groups excluding carboxylic acids is 3. The molecule has 0 unspecified atom stereocenters. The second-order valence-corrected chi connectivity index (χ2v) is 10.9. The second kappa shape index (κ2) is 8.28. The number of rotatable bonds is 4. The number of nitrogens with one attached hydrogen (secondary N) is 3. The lowest BCUT2D eigenvalue weighted by Crippen LogP contribution is -2.53. The van der Waals surface area contributed by atoms with Gasteiger partial charge in [0.2, 0.25) is 17.7 Å². The van der Waals surface area contributed by atoms with Crippen LogP contribution in [0.25, 0.3) is 10.9 Å². The molecule has 9 heteroatoms. The van der Waals surface area contributed by atoms with Crippen LogP contribution >= 0.6 is 15.9 Å². The largest absolute Gasteiger partial charge is 0.497 e. The summed E-state index contributed by atoms with van der Waals surface area (Å²) in [5, 5.41) is 7.53. The summed E-state index contributed by atoms with van der Waals surface area (Å²) >= 11 is 3.52. The van der Waals surface area contributed by atoms with Crippen molar-refractivity contribution < 1.29 is 19.1 Å². The molecule has 38 heavy (non-hydrogen) atoms. The van der Waals surface area contributed by atoms with E-state index in [9.17, 15) is 14.4 Å². The number of imide groups is 1. The smallest absolute Gasteiger partial charge is 0.250 e. The Morgan fingerprint density at radius 3 is 2.58 bits per heavy atom. The Kier molecular flexibility index (Phi) is 5.05. The lowest BCUT2D eigenvalue weighted by molar-refractivity contribution is -0.130. The van der Waals surface area contributed by atoms with Crippen molar-refractivity contribution in [1.29, 1.82) is 0 Å². The molecule has 0 bridgehead atoms. The molecule has 3 amide bonds. The number of para-hydroxylation sites is 1. The topological polar surface area (TPSA) is 104 Å². The SMILES string of the molecule is COc1ccc(N2C(=O)[C@H]3[C@@H](C2=O)[C@@]2(N[C@@H]3Cc3c[nH]c4ccccc34)C(=O)Nc3ccc(Br)cc32)cc1. The average molecular weight is 571 g/mol. The molecule has 4 atom stereocenters. The molecule has 2 saturated heterocycles. The van der Waals surface area contributed by atoms with E-state index in [2.05, 4.69) is 31.5 Å². The van der Waals surface area contributed by atoms with Crippen LogP contribution in [-0.2, 0) is 26.3 Å². The highest BCUT2D eigenvalue weighted by Crippen LogP contribution is 2.54. The minimum absolute atomic E-state index is 0.310. The minimum Gasteiger partial charge on any atom is -0.497 e. The van der Waals surface area contributed by atoms with Gasteiger partial charge in [-0.3, -0.25) is 19.7 Å². The van der Waals surface area contributed by atoms with Gasteiger partial charge in [-0.1, -0.05) is 34.1 Å². The van der Waals surface area contributed by atoms with Crippen LogP contribution in [0.15, 0.2) is 77.4 Å². The zero-order valence-electron chi connectivity index (χ0n) is 20.3. The Hall–Kier alpha value is -3.95. The molecule has 2 fully saturated rings. The number of anilines is 2. The predicted molar refractivity (Wildman–Crippen MR) is 146 cm³/mol. The first-order valence-electron chi connectivity index (χ1n) is 12.4. The van der Waals surface area contributed by atoms with Gasteiger partial charge in [-0.15, -0.1) is 0 Å². The number of hydrogen-bond donors (Lipinski definition) is 3. The Morgan fingerprint density at radius 1 is 1.00 bits per heavy atom. The quantitative estimate of drug-likeness (QED) is 0.320. The van der Waals surface area contributed by atoms with Gasteiger partial charge in [0.1, 0.15) is 11.3 Å². The summed E-state index contributed by atoms with van der Waals surface area (Å²) < 4.78 is 6.04. The van der Waals surface area contributed by atoms with E-state index in [0.717, 1.165) is 20.9 Å². The van der Waals surface area contributed by atoms with Gasteiger partial charge < -0.3 is 15.0 Å². The van der Waals surface area contributed by atoms with Crippen LogP contribution < -0.4 is 20.3 Å². The number of H-pyrrole nitrogens is 1. The zero-order valence-corrected chi connectivity index (χ0v) is 21.9. The number of aromatic amines is 1. The first-order valence-corrected chi connectivity index (χ1v) is 13.2. The lowest BCUT2D eigenvalue weighted by atomic mass is 9.76. The number of carbonyl (C=O) groups is 3. The number of benzene rings is 3. The highest BCUT2D eigenvalue weighted by atomic mass is 79.9. The molecule has 0 radical (unpaired) electrons. The molecular formula is C29H23BrN4O4. The van der Waals surface area contributed by atoms with E-state index in [0.29, 0.717) is 29.1 Å². The molecule has 8 nitrogen and oxygen atoms in total. The van der Waals surface area contributed by atoms with E-state index >= 15 is 0 Å². The van der Waals surface area contributed by atoms with Crippen LogP contribution in [0.5, 0.6) is 5.75 Å². The fourth-order valence-corrected chi connectivity index (χ4v) is 6.83. The Balaban J connectivity index is 1.37. The monoisotopic (exact) mass is 570 g/mol. The zero-order chi connectivity index (χ0) is 26.2. The van der Waals surface area contributed by atoms with Crippen LogP contribution in [0.3, 0.4) is 0 Å². The van der Waals surface area contributed by atoms with Gasteiger partial charge in [0, 0.05) is 38.9 Å². The molecule has 4 aromatic rings. The summed E-state index contributed by atoms with van der Waals surface area (Å²) in [7, 11) is 1.56. The first kappa shape index (κ1) is 23.2. The van der Waals surface area contributed by atoms with E-state index in [1.165, 1.54) is 4.90 Å². The molecule has 190 valence electrons. The number of aromatic nitrogens is 1. The van der Waals surface area contributed by atoms with Gasteiger partial charge in [-0.2, -0.15) is 0 Å². The third-order valence-electron chi connectivity index (χ3n) is 8.12. The highest BCUT2D eigenvalue weighted by molar-refractivity contribution is 9.10. The van der Waals surface area contributed by atoms with E-state index < -0.39 is 23.4 Å². The third-order valence-corrected chi connectivity index (χ3v) is 8.62. The van der Waals surface area contributed by atoms with Gasteiger partial charge >= 0.3 is 0 Å². The van der Waals surface area contributed by atoms with E-state index in [1.807, 2.05) is 48.7 Å². The summed E-state index contributed by atoms with van der Waals surface area (Å²) in [6, 6.07) is 19.9. The van der Waals surface area contributed by atoms with Gasteiger partial charge in [0.15, 0.2) is 0 Å². The molecule has 1 aromatic heterocycles. The molecule has 0 saturated carbocycles. The van der Waals surface area contributed by atoms with Crippen molar-refractivity contribution in [2.45, 2.75) is 18.0 Å². The maximum atomic E-state index is 14.2. The summed E-state index contributed by atoms with van der Waals surface area (Å²) in [6.45, 7) is 0. The van der Waals surface area contributed by atoms with E-state index in [1.54, 1.807) is 31.4 Å². The Labute approximate surface area is 226 Å². The van der Waals surface area contributed by atoms with Crippen LogP contribution in [-0.4, -0.2) is 35.9 Å². The molecule has 7 rings (SSSR count). The van der Waals surface area contributed by atoms with Crippen LogP contribution in [0.2, 0.25) is 0 Å². The van der Waals surface area contributed by atoms with E-state index in [-0.39, 0.29) is 17.7 Å². The van der Waals surface area contributed by atoms with Crippen molar-refractivity contribution in [2.75, 3.05) is 17.3 Å². The third kappa shape index (κ3) is 3.09. The molecule has 3 aliphatic heterocycles. The summed E-state index contributed by atoms with van der Waals surface area (Å²) in [4.78, 5) is 46.5. The van der Waals surface area contributed by atoms with Crippen molar-refractivity contribution >= 4 is 55.9 Å². The van der Waals surface area contributed by atoms with Gasteiger partial charge in [-0.05, 0) is 60.5 Å². The van der Waals surface area contributed by atoms with Crippen molar-refractivity contribution in [3.63, 3.8) is 0 Å². The first-order chi connectivity index (χ1) is 18.4. The summed E-state index contributed by atoms with van der Waals surface area (Å²) in [5.74, 6) is -2.02. The molecule has 1 spiro atoms. The van der Waals surface area contributed by atoms with Gasteiger partial charge in [-0.25, -0.2) is 4.90 Å². The maximum absolute atomic E-state index is 14.2. The van der Waals surface area contributed by atoms with Gasteiger partial charge in [0.05, 0.1) is 24.6 Å². The molecule has 0 aliphatic carbocycles. The second-order valence-electron chi connectivity index (χ2n) is 9.98. The number of ether oxygens (including phenoxy) is 1. The number of amides is 3. The number of halogens is 1. The standard InChI is InChI=1S/C29H23BrN4O4/c1-38-18-9-7-17(8-10-18)34-26(35)24-23(12-15-14-31-21-5-3-2-4-19(15)21)33-29(25(24)27(34)36)20-13-16(30)6-11-22(20)32-28(29)37/h2-11,13-14,23-25,31,33H,12H2,1H3,(H,32,37)/t23-,24-,25+,29-/m1/s1. The average Bonchev–Trinajstić information content (AvgIpc) is 3.63. The molecule has 3 aromatic carbocycles. The minimum atomic E-state index is -1.37. The summed E-state index contributed by atoms with van der Waals surface area (Å²) in [5.41, 5.74) is 2.42. The number of nitrogens with zero attached hydrogens (tertiary/aromatic N) is 1. The maximum Gasteiger partial charge on any atom is 0.250 e. The van der Waals surface area contributed by atoms with Crippen molar-refractivity contribution in [2.24, 2.45) is 11.8 Å². The van der Waals surface area contributed by atoms with Gasteiger partial charge in [0.25, 0.3) is 0 Å².